The predicted octanol–water partition coefficient (Wildman–Crippen LogP) is 2.91. The van der Waals surface area contributed by atoms with Crippen molar-refractivity contribution in [2.45, 2.75) is 45.0 Å². The molecule has 3 rings (SSSR count). The van der Waals surface area contributed by atoms with Gasteiger partial charge in [0, 0.05) is 6.54 Å². The number of ether oxygens (including phenoxy) is 1. The number of likely N-dealkylation sites (tertiary alicyclic amines) is 1. The quantitative estimate of drug-likeness (QED) is 0.804. The van der Waals surface area contributed by atoms with E-state index in [-0.39, 0.29) is 5.97 Å². The number of benzene rings is 2. The summed E-state index contributed by atoms with van der Waals surface area (Å²) in [6.45, 7) is 5.84. The molecule has 3 unspecified atom stereocenters. The Balaban J connectivity index is 1.87. The van der Waals surface area contributed by atoms with Crippen LogP contribution in [0.3, 0.4) is 0 Å². The number of carboxylic acid groups (broad SMARTS) is 1. The van der Waals surface area contributed by atoms with Gasteiger partial charge < -0.3 is 15.6 Å². The van der Waals surface area contributed by atoms with E-state index in [2.05, 4.69) is 0 Å². The van der Waals surface area contributed by atoms with Crippen molar-refractivity contribution in [3.63, 3.8) is 0 Å². The molecule has 144 valence electrons. The van der Waals surface area contributed by atoms with Crippen molar-refractivity contribution in [3.05, 3.63) is 48.0 Å². The van der Waals surface area contributed by atoms with Crippen LogP contribution in [0.25, 0.3) is 10.8 Å². The molecule has 0 aromatic heterocycles. The molecule has 0 aliphatic carbocycles. The third-order valence-electron chi connectivity index (χ3n) is 4.86. The SMILES string of the molecule is CC(C)(C)OC(=O)C1CCN(C(C(=O)O)c2ccc3ccccc3c2)C1N. The van der Waals surface area contributed by atoms with Gasteiger partial charge in [-0.1, -0.05) is 36.4 Å². The van der Waals surface area contributed by atoms with Gasteiger partial charge in [-0.3, -0.25) is 14.5 Å². The smallest absolute Gasteiger partial charge is 0.325 e. The molecule has 1 heterocycles. The molecule has 1 fully saturated rings. The number of carboxylic acids is 1. The highest BCUT2D eigenvalue weighted by molar-refractivity contribution is 5.85. The van der Waals surface area contributed by atoms with Crippen LogP contribution in [-0.2, 0) is 14.3 Å². The number of aliphatic carboxylic acids is 1. The molecule has 0 spiro atoms. The van der Waals surface area contributed by atoms with Crippen LogP contribution >= 0.6 is 0 Å². The summed E-state index contributed by atoms with van der Waals surface area (Å²) in [5.74, 6) is -1.89. The summed E-state index contributed by atoms with van der Waals surface area (Å²) in [5.41, 5.74) is 6.35. The molecule has 2 aromatic rings. The number of carbonyl (C=O) groups is 2. The number of hydrogen-bond acceptors (Lipinski definition) is 5. The lowest BCUT2D eigenvalue weighted by Gasteiger charge is -2.30. The predicted molar refractivity (Wildman–Crippen MR) is 103 cm³/mol. The second kappa shape index (κ2) is 7.29. The van der Waals surface area contributed by atoms with Gasteiger partial charge in [0.2, 0.25) is 0 Å². The van der Waals surface area contributed by atoms with Crippen molar-refractivity contribution >= 4 is 22.7 Å². The Morgan fingerprint density at radius 3 is 2.48 bits per heavy atom. The van der Waals surface area contributed by atoms with Crippen LogP contribution in [0.15, 0.2) is 42.5 Å². The third kappa shape index (κ3) is 4.12. The molecule has 6 heteroatoms. The van der Waals surface area contributed by atoms with Crippen LogP contribution < -0.4 is 5.73 Å². The first-order valence-electron chi connectivity index (χ1n) is 9.13. The molecule has 0 amide bonds. The van der Waals surface area contributed by atoms with Gasteiger partial charge in [0.05, 0.1) is 12.1 Å². The fourth-order valence-electron chi connectivity index (χ4n) is 3.63. The lowest BCUT2D eigenvalue weighted by molar-refractivity contribution is -0.161. The monoisotopic (exact) mass is 370 g/mol. The molecular weight excluding hydrogens is 344 g/mol. The lowest BCUT2D eigenvalue weighted by atomic mass is 10.00. The van der Waals surface area contributed by atoms with Crippen LogP contribution in [0, 0.1) is 5.92 Å². The molecule has 1 saturated heterocycles. The second-order valence-corrected chi connectivity index (χ2v) is 8.00. The maximum atomic E-state index is 12.4. The fraction of sp³-hybridized carbons (Fsp3) is 0.429. The molecule has 3 atom stereocenters. The first-order chi connectivity index (χ1) is 12.7. The first kappa shape index (κ1) is 19.3. The van der Waals surface area contributed by atoms with Gasteiger partial charge in [-0.15, -0.1) is 0 Å². The molecule has 0 saturated carbocycles. The fourth-order valence-corrected chi connectivity index (χ4v) is 3.63. The van der Waals surface area contributed by atoms with E-state index in [1.165, 1.54) is 0 Å². The third-order valence-corrected chi connectivity index (χ3v) is 4.86. The number of nitrogens with zero attached hydrogens (tertiary/aromatic N) is 1. The Morgan fingerprint density at radius 2 is 1.85 bits per heavy atom. The molecule has 3 N–H and O–H groups in total. The summed E-state index contributed by atoms with van der Waals surface area (Å²) in [7, 11) is 0. The number of carbonyl (C=O) groups excluding carboxylic acids is 1. The Labute approximate surface area is 158 Å². The van der Waals surface area contributed by atoms with Crippen molar-refractivity contribution in [1.82, 2.24) is 4.90 Å². The van der Waals surface area contributed by atoms with Crippen molar-refractivity contribution in [2.75, 3.05) is 6.54 Å². The Morgan fingerprint density at radius 1 is 1.19 bits per heavy atom. The van der Waals surface area contributed by atoms with E-state index in [0.29, 0.717) is 18.5 Å². The number of rotatable bonds is 4. The molecular formula is C21H26N2O4. The van der Waals surface area contributed by atoms with Crippen molar-refractivity contribution in [3.8, 4) is 0 Å². The van der Waals surface area contributed by atoms with Crippen LogP contribution in [0.5, 0.6) is 0 Å². The van der Waals surface area contributed by atoms with Gasteiger partial charge in [-0.25, -0.2) is 0 Å². The van der Waals surface area contributed by atoms with E-state index >= 15 is 0 Å². The highest BCUT2D eigenvalue weighted by atomic mass is 16.6. The Bertz CT molecular complexity index is 859. The van der Waals surface area contributed by atoms with Gasteiger partial charge in [-0.2, -0.15) is 0 Å². The van der Waals surface area contributed by atoms with E-state index in [4.69, 9.17) is 10.5 Å². The summed E-state index contributed by atoms with van der Waals surface area (Å²) in [5, 5.41) is 11.9. The summed E-state index contributed by atoms with van der Waals surface area (Å²) < 4.78 is 5.45. The lowest BCUT2D eigenvalue weighted by Crippen LogP contribution is -2.47. The zero-order chi connectivity index (χ0) is 19.8. The van der Waals surface area contributed by atoms with Crippen molar-refractivity contribution in [2.24, 2.45) is 11.7 Å². The molecule has 0 radical (unpaired) electrons. The van der Waals surface area contributed by atoms with Gasteiger partial charge in [0.25, 0.3) is 0 Å². The average molecular weight is 370 g/mol. The van der Waals surface area contributed by atoms with Gasteiger partial charge in [0.15, 0.2) is 0 Å². The Hall–Kier alpha value is -2.44. The maximum Gasteiger partial charge on any atom is 0.325 e. The van der Waals surface area contributed by atoms with E-state index in [0.717, 1.165) is 10.8 Å². The van der Waals surface area contributed by atoms with Gasteiger partial charge >= 0.3 is 11.9 Å². The number of esters is 1. The summed E-state index contributed by atoms with van der Waals surface area (Å²) >= 11 is 0. The van der Waals surface area contributed by atoms with Crippen LogP contribution in [0.4, 0.5) is 0 Å². The average Bonchev–Trinajstić information content (AvgIpc) is 2.95. The van der Waals surface area contributed by atoms with Crippen LogP contribution in [-0.4, -0.2) is 40.3 Å². The maximum absolute atomic E-state index is 12.4. The standard InChI is InChI=1S/C21H26N2O4/c1-21(2,3)27-20(26)16-10-11-23(18(16)22)17(19(24)25)15-9-8-13-6-4-5-7-14(13)12-15/h4-9,12,16-18H,10-11,22H2,1-3H3,(H,24,25). The highest BCUT2D eigenvalue weighted by Crippen LogP contribution is 2.33. The molecule has 6 nitrogen and oxygen atoms in total. The zero-order valence-electron chi connectivity index (χ0n) is 15.9. The van der Waals surface area contributed by atoms with Gasteiger partial charge in [-0.05, 0) is 49.6 Å². The Kier molecular flexibility index (Phi) is 5.22. The summed E-state index contributed by atoms with van der Waals surface area (Å²) in [6, 6.07) is 12.5. The summed E-state index contributed by atoms with van der Waals surface area (Å²) in [6.07, 6.45) is -0.222. The minimum Gasteiger partial charge on any atom is -0.480 e. The largest absolute Gasteiger partial charge is 0.480 e. The summed E-state index contributed by atoms with van der Waals surface area (Å²) in [4.78, 5) is 26.2. The zero-order valence-corrected chi connectivity index (χ0v) is 15.9. The highest BCUT2D eigenvalue weighted by Gasteiger charge is 2.44. The number of nitrogens with two attached hydrogens (primary N) is 1. The topological polar surface area (TPSA) is 92.9 Å². The van der Waals surface area contributed by atoms with E-state index in [9.17, 15) is 14.7 Å². The molecule has 0 bridgehead atoms. The molecule has 2 aromatic carbocycles. The number of fused-ring (bicyclic) bond motifs is 1. The van der Waals surface area contributed by atoms with Crippen molar-refractivity contribution in [1.29, 1.82) is 0 Å². The number of hydrogen-bond donors (Lipinski definition) is 2. The van der Waals surface area contributed by atoms with Crippen molar-refractivity contribution < 1.29 is 19.4 Å². The second-order valence-electron chi connectivity index (χ2n) is 8.00. The minimum atomic E-state index is -0.981. The van der Waals surface area contributed by atoms with E-state index < -0.39 is 29.7 Å². The molecule has 1 aliphatic heterocycles. The molecule has 1 aliphatic rings. The van der Waals surface area contributed by atoms with E-state index in [1.807, 2.05) is 42.5 Å². The van der Waals surface area contributed by atoms with E-state index in [1.54, 1.807) is 25.7 Å². The first-order valence-corrected chi connectivity index (χ1v) is 9.13. The van der Waals surface area contributed by atoms with Crippen LogP contribution in [0.2, 0.25) is 0 Å². The molecule has 27 heavy (non-hydrogen) atoms. The van der Waals surface area contributed by atoms with Gasteiger partial charge in [0.1, 0.15) is 11.6 Å². The van der Waals surface area contributed by atoms with Crippen LogP contribution in [0.1, 0.15) is 38.8 Å². The normalized spacial score (nSPS) is 21.9. The minimum absolute atomic E-state index is 0.375.